The van der Waals surface area contributed by atoms with Crippen LogP contribution >= 0.6 is 15.2 Å². The molecule has 0 spiro atoms. The molecule has 4 aliphatic heterocycles. The molecule has 1 aliphatic carbocycles. The molecule has 14 heteroatoms. The van der Waals surface area contributed by atoms with Crippen molar-refractivity contribution in [1.29, 1.82) is 0 Å². The number of benzene rings is 8. The highest BCUT2D eigenvalue weighted by Gasteiger charge is 2.44. The summed E-state index contributed by atoms with van der Waals surface area (Å²) >= 11 is 0. The number of hydrogen-bond donors (Lipinski definition) is 0. The molecule has 0 fully saturated rings. The summed E-state index contributed by atoms with van der Waals surface area (Å²) in [5.74, 6) is 2.10. The van der Waals surface area contributed by atoms with Gasteiger partial charge in [0.05, 0.1) is 10.6 Å². The Morgan fingerprint density at radius 3 is 0.837 bits per heavy atom. The van der Waals surface area contributed by atoms with Gasteiger partial charge in [0.25, 0.3) is 12.6 Å². The van der Waals surface area contributed by atoms with Crippen LogP contribution in [-0.2, 0) is 9.13 Å². The molecule has 0 saturated carbocycles. The van der Waals surface area contributed by atoms with Gasteiger partial charge < -0.3 is 37.0 Å². The van der Waals surface area contributed by atoms with Gasteiger partial charge in [-0.15, -0.1) is 0 Å². The maximum absolute atomic E-state index is 16.3. The van der Waals surface area contributed by atoms with Crippen molar-refractivity contribution in [3.63, 3.8) is 0 Å². The van der Waals surface area contributed by atoms with Gasteiger partial charge in [0.1, 0.15) is 46.0 Å². The van der Waals surface area contributed by atoms with Crippen LogP contribution in [0.2, 0.25) is 0 Å². The Morgan fingerprint density at radius 1 is 0.314 bits per heavy atom. The third-order valence-corrected chi connectivity index (χ3v) is 21.2. The minimum atomic E-state index is -4.30. The van der Waals surface area contributed by atoms with Crippen molar-refractivity contribution in [2.24, 2.45) is 0 Å². The molecule has 0 unspecified atom stereocenters. The molecule has 86 heavy (non-hydrogen) atoms. The lowest BCUT2D eigenvalue weighted by Crippen LogP contribution is -2.24. The van der Waals surface area contributed by atoms with Crippen LogP contribution in [0.1, 0.15) is 145 Å². The van der Waals surface area contributed by atoms with E-state index >= 15 is 9.13 Å². The molecule has 10 aromatic rings. The normalized spacial score (nSPS) is 22.6. The van der Waals surface area contributed by atoms with Crippen molar-refractivity contribution >= 4 is 25.8 Å². The summed E-state index contributed by atoms with van der Waals surface area (Å²) in [5, 5.41) is 0.752. The highest BCUT2D eigenvalue weighted by Crippen LogP contribution is 2.62. The first kappa shape index (κ1) is 53.6. The number of ether oxygens (including phenoxy) is 4. The smallest absolute Gasteiger partial charge is 0.450 e. The largest absolute Gasteiger partial charge is 0.462 e. The molecule has 0 atom stereocenters. The molecular formula is C72H60N2O10P2. The van der Waals surface area contributed by atoms with E-state index in [4.69, 9.17) is 37.0 Å². The summed E-state index contributed by atoms with van der Waals surface area (Å²) < 4.78 is 89.8. The van der Waals surface area contributed by atoms with E-state index in [1.807, 2.05) is 133 Å². The Balaban J connectivity index is 1.03. The fraction of sp³-hybridized carbons (Fsp3) is 0.194. The van der Waals surface area contributed by atoms with Gasteiger partial charge in [-0.1, -0.05) is 113 Å². The quantitative estimate of drug-likeness (QED) is 0.121. The van der Waals surface area contributed by atoms with Gasteiger partial charge in [-0.05, 0) is 121 Å². The van der Waals surface area contributed by atoms with E-state index in [1.165, 1.54) is 0 Å². The zero-order chi connectivity index (χ0) is 58.3. The molecule has 5 aliphatic rings. The molecule has 8 aromatic carbocycles. The van der Waals surface area contributed by atoms with Gasteiger partial charge in [-0.25, -0.2) is 9.13 Å². The molecule has 6 heterocycles. The average Bonchev–Trinajstić information content (AvgIpc) is 0.842. The molecule has 0 saturated heterocycles. The highest BCUT2D eigenvalue weighted by atomic mass is 31.2. The molecule has 8 bridgehead atoms. The Kier molecular flexibility index (Phi) is 13.4. The lowest BCUT2D eigenvalue weighted by atomic mass is 9.77. The van der Waals surface area contributed by atoms with Crippen molar-refractivity contribution < 1.29 is 46.2 Å². The Hall–Kier alpha value is -9.08. The second kappa shape index (κ2) is 21.5. The van der Waals surface area contributed by atoms with E-state index in [-0.39, 0.29) is 23.7 Å². The zero-order valence-electron chi connectivity index (χ0n) is 47.8. The van der Waals surface area contributed by atoms with Crippen molar-refractivity contribution in [3.05, 3.63) is 262 Å². The van der Waals surface area contributed by atoms with Gasteiger partial charge in [-0.2, -0.15) is 0 Å². The van der Waals surface area contributed by atoms with Gasteiger partial charge in [-0.3, -0.25) is 9.97 Å². The molecule has 0 amide bonds. The summed E-state index contributed by atoms with van der Waals surface area (Å²) in [4.78, 5) is 8.48. The molecule has 15 rings (SSSR count). The van der Waals surface area contributed by atoms with Crippen LogP contribution in [0.25, 0.3) is 22.3 Å². The highest BCUT2D eigenvalue weighted by molar-refractivity contribution is 7.63. The Morgan fingerprint density at radius 2 is 0.570 bits per heavy atom. The predicted molar refractivity (Wildman–Crippen MR) is 332 cm³/mol. The standard InChI is InChI=1S/C72H60N2O10P2/c1-5-51-55-35-59-53(7-3)61-37-57-52(6-2)58-38-62-54(8-4)60-36-56(51)64-40-68(60)82-86(76,50-17-13-10-14-18-50)84-70(62)42-66(58)80-72(48-25-21-44(22-26-48)46-29-33-74-34-30-46)79-65(57)41-69(61)83-85(75,49-15-11-9-12-16-49)81-67(59)39-63(55)77-71(78-64)47-23-19-43(20-24-47)45-27-31-73-32-28-45/h9-42,51-54,71-72H,5-8H2,1-4H3. The summed E-state index contributed by atoms with van der Waals surface area (Å²) in [7, 11) is -8.60. The molecular weight excluding hydrogens is 1110 g/mol. The summed E-state index contributed by atoms with van der Waals surface area (Å²) in [5.41, 5.74) is 12.3. The number of nitrogens with zero attached hydrogens (tertiary/aromatic N) is 2. The molecule has 0 N–H and O–H groups in total. The van der Waals surface area contributed by atoms with Gasteiger partial charge in [0.2, 0.25) is 0 Å². The number of rotatable bonds is 10. The number of hydrogen-bond acceptors (Lipinski definition) is 12. The first-order chi connectivity index (χ1) is 42.1. The van der Waals surface area contributed by atoms with E-state index in [0.717, 1.165) is 77.9 Å². The zero-order valence-corrected chi connectivity index (χ0v) is 49.6. The molecule has 428 valence electrons. The monoisotopic (exact) mass is 1170 g/mol. The Labute approximate surface area is 499 Å². The lowest BCUT2D eigenvalue weighted by molar-refractivity contribution is -0.000611. The van der Waals surface area contributed by atoms with Crippen LogP contribution in [0.3, 0.4) is 0 Å². The van der Waals surface area contributed by atoms with Crippen LogP contribution in [0.5, 0.6) is 46.0 Å². The van der Waals surface area contributed by atoms with Crippen molar-refractivity contribution in [2.45, 2.75) is 89.6 Å². The van der Waals surface area contributed by atoms with Crippen LogP contribution < -0.4 is 47.7 Å². The Bertz CT molecular complexity index is 3920. The first-order valence-electron chi connectivity index (χ1n) is 29.6. The topological polar surface area (TPSA) is 134 Å². The molecule has 2 aromatic heterocycles. The summed E-state index contributed by atoms with van der Waals surface area (Å²) in [6.45, 7) is 8.64. The maximum Gasteiger partial charge on any atom is 0.462 e. The SMILES string of the molecule is CCC1c2cc3c4cc2OC(c2ccc(-c5ccncc5)cc2)Oc2cc5c(cc21)C(CC)c1cc2c(cc1OP(=O)(c1ccccc1)O5)OC(c1ccc(-c5ccncc5)cc1)Oc1cc(c(cc1C2CC)C3CC)OP(=O)(c1ccccc1)O4. The molecule has 12 nitrogen and oxygen atoms in total. The minimum absolute atomic E-state index is 0.332. The van der Waals surface area contributed by atoms with E-state index in [9.17, 15) is 0 Å². The lowest BCUT2D eigenvalue weighted by Gasteiger charge is -2.37. The molecule has 0 radical (unpaired) electrons. The van der Waals surface area contributed by atoms with Crippen molar-refractivity contribution in [1.82, 2.24) is 9.97 Å². The summed E-state index contributed by atoms with van der Waals surface area (Å²) in [6.07, 6.45) is 7.49. The van der Waals surface area contributed by atoms with Crippen LogP contribution in [0.4, 0.5) is 0 Å². The first-order valence-corrected chi connectivity index (χ1v) is 32.7. The van der Waals surface area contributed by atoms with Crippen LogP contribution in [0.15, 0.2) is 207 Å². The van der Waals surface area contributed by atoms with Crippen LogP contribution in [0, 0.1) is 0 Å². The number of aromatic nitrogens is 2. The average molecular weight is 1180 g/mol. The third kappa shape index (κ3) is 9.20. The maximum atomic E-state index is 16.3. The van der Waals surface area contributed by atoms with Crippen molar-refractivity contribution in [3.8, 4) is 68.2 Å². The van der Waals surface area contributed by atoms with Gasteiger partial charge in [0.15, 0.2) is 0 Å². The minimum Gasteiger partial charge on any atom is -0.450 e. The second-order valence-electron chi connectivity index (χ2n) is 22.4. The number of pyridine rings is 2. The van der Waals surface area contributed by atoms with E-state index in [0.29, 0.717) is 82.3 Å². The predicted octanol–water partition coefficient (Wildman–Crippen LogP) is 17.8. The van der Waals surface area contributed by atoms with Crippen molar-refractivity contribution in [2.75, 3.05) is 0 Å². The fourth-order valence-electron chi connectivity index (χ4n) is 13.2. The van der Waals surface area contributed by atoms with Gasteiger partial charge >= 0.3 is 15.2 Å². The second-order valence-corrected chi connectivity index (χ2v) is 26.2. The third-order valence-electron chi connectivity index (χ3n) is 17.6. The van der Waals surface area contributed by atoms with Gasteiger partial charge in [0, 0.05) is 128 Å². The summed E-state index contributed by atoms with van der Waals surface area (Å²) in [6, 6.07) is 58.6. The van der Waals surface area contributed by atoms with E-state index < -0.39 is 27.8 Å². The fourth-order valence-corrected chi connectivity index (χ4v) is 16.5. The van der Waals surface area contributed by atoms with E-state index in [1.54, 1.807) is 49.1 Å². The van der Waals surface area contributed by atoms with E-state index in [2.05, 4.69) is 61.9 Å². The van der Waals surface area contributed by atoms with Crippen LogP contribution in [-0.4, -0.2) is 9.97 Å².